The molecule has 184 valence electrons. The first-order valence-electron chi connectivity index (χ1n) is 12.5. The number of carbonyl (C=O) groups is 1. The van der Waals surface area contributed by atoms with Crippen molar-refractivity contribution >= 4 is 23.5 Å². The van der Waals surface area contributed by atoms with Gasteiger partial charge in [0.2, 0.25) is 17.8 Å². The number of hydrogen-bond acceptors (Lipinski definition) is 6. The Morgan fingerprint density at radius 3 is 2.79 bits per heavy atom. The molecule has 0 aromatic carbocycles. The molecule has 0 bridgehead atoms. The van der Waals surface area contributed by atoms with Crippen molar-refractivity contribution in [2.75, 3.05) is 29.9 Å². The van der Waals surface area contributed by atoms with Gasteiger partial charge in [-0.15, -0.1) is 0 Å². The van der Waals surface area contributed by atoms with E-state index in [1.165, 1.54) is 0 Å². The number of amides is 1. The van der Waals surface area contributed by atoms with Crippen LogP contribution in [0.1, 0.15) is 75.2 Å². The van der Waals surface area contributed by atoms with E-state index in [1.54, 1.807) is 0 Å². The van der Waals surface area contributed by atoms with Crippen LogP contribution in [-0.2, 0) is 17.6 Å². The Hall–Kier alpha value is -2.78. The third-order valence-corrected chi connectivity index (χ3v) is 7.48. The van der Waals surface area contributed by atoms with Crippen molar-refractivity contribution < 1.29 is 13.6 Å². The van der Waals surface area contributed by atoms with E-state index in [0.29, 0.717) is 37.1 Å². The average molecular weight is 474 g/mol. The fourth-order valence-corrected chi connectivity index (χ4v) is 5.61. The number of anilines is 3. The Bertz CT molecular complexity index is 1050. The van der Waals surface area contributed by atoms with Crippen molar-refractivity contribution in [2.45, 2.75) is 83.1 Å². The van der Waals surface area contributed by atoms with Crippen molar-refractivity contribution in [3.63, 3.8) is 0 Å². The van der Waals surface area contributed by atoms with E-state index in [9.17, 15) is 13.6 Å². The van der Waals surface area contributed by atoms with Crippen molar-refractivity contribution in [2.24, 2.45) is 0 Å². The summed E-state index contributed by atoms with van der Waals surface area (Å²) in [5.74, 6) is -0.819. The minimum absolute atomic E-state index is 0.0779. The van der Waals surface area contributed by atoms with E-state index in [-0.39, 0.29) is 30.7 Å². The lowest BCUT2D eigenvalue weighted by molar-refractivity contribution is -0.132. The number of aromatic nitrogens is 4. The van der Waals surface area contributed by atoms with Crippen molar-refractivity contribution in [3.05, 3.63) is 23.0 Å². The fraction of sp³-hybridized carbons (Fsp3) is 0.667. The van der Waals surface area contributed by atoms with Crippen molar-refractivity contribution in [1.29, 1.82) is 0 Å². The molecule has 2 aromatic rings. The Balaban J connectivity index is 1.39. The molecule has 34 heavy (non-hydrogen) atoms. The zero-order chi connectivity index (χ0) is 23.9. The average Bonchev–Trinajstić information content (AvgIpc) is 3.60. The second kappa shape index (κ2) is 9.11. The Kier molecular flexibility index (Phi) is 6.16. The van der Waals surface area contributed by atoms with Crippen LogP contribution in [0, 0.1) is 0 Å². The van der Waals surface area contributed by atoms with Gasteiger partial charge in [0.25, 0.3) is 0 Å². The molecular formula is C24H33F2N7O. The maximum atomic E-state index is 13.7. The van der Waals surface area contributed by atoms with Crippen molar-refractivity contribution in [3.8, 4) is 0 Å². The molecule has 2 N–H and O–H groups in total. The van der Waals surface area contributed by atoms with Gasteiger partial charge in [-0.1, -0.05) is 0 Å². The summed E-state index contributed by atoms with van der Waals surface area (Å²) in [6.45, 7) is 6.12. The number of nitrogens with one attached hydrogen (secondary N) is 2. The van der Waals surface area contributed by atoms with Gasteiger partial charge < -0.3 is 15.1 Å². The molecule has 0 radical (unpaired) electrons. The van der Waals surface area contributed by atoms with Gasteiger partial charge in [0, 0.05) is 55.7 Å². The Morgan fingerprint density at radius 2 is 2.06 bits per heavy atom. The van der Waals surface area contributed by atoms with E-state index in [2.05, 4.69) is 15.5 Å². The predicted octanol–water partition coefficient (Wildman–Crippen LogP) is 4.17. The number of aromatic amines is 1. The number of aryl methyl sites for hydroxylation is 1. The van der Waals surface area contributed by atoms with Crippen LogP contribution in [0.3, 0.4) is 0 Å². The highest BCUT2D eigenvalue weighted by Crippen LogP contribution is 2.44. The van der Waals surface area contributed by atoms with E-state index >= 15 is 0 Å². The molecule has 1 saturated heterocycles. The third-order valence-electron chi connectivity index (χ3n) is 7.48. The summed E-state index contributed by atoms with van der Waals surface area (Å²) in [5, 5.41) is 10.6. The molecule has 2 aliphatic carbocycles. The summed E-state index contributed by atoms with van der Waals surface area (Å²) < 4.78 is 27.3. The van der Waals surface area contributed by atoms with E-state index in [4.69, 9.17) is 9.97 Å². The topological polar surface area (TPSA) is 90.0 Å². The first-order chi connectivity index (χ1) is 16.4. The van der Waals surface area contributed by atoms with Crippen LogP contribution in [0.15, 0.2) is 6.07 Å². The van der Waals surface area contributed by atoms with Crippen LogP contribution in [0.4, 0.5) is 26.4 Å². The number of alkyl halides is 2. The number of halogens is 2. The number of nitrogens with zero attached hydrogens (tertiary/aromatic N) is 5. The van der Waals surface area contributed by atoms with Crippen LogP contribution in [0.5, 0.6) is 0 Å². The molecule has 1 aliphatic heterocycles. The monoisotopic (exact) mass is 473 g/mol. The highest BCUT2D eigenvalue weighted by Gasteiger charge is 2.41. The molecule has 3 heterocycles. The van der Waals surface area contributed by atoms with Crippen molar-refractivity contribution in [1.82, 2.24) is 25.1 Å². The summed E-state index contributed by atoms with van der Waals surface area (Å²) in [7, 11) is 0. The quantitative estimate of drug-likeness (QED) is 0.627. The summed E-state index contributed by atoms with van der Waals surface area (Å²) >= 11 is 0. The molecule has 2 aromatic heterocycles. The molecule has 10 heteroatoms. The van der Waals surface area contributed by atoms with Gasteiger partial charge in [-0.05, 0) is 52.4 Å². The second-order valence-corrected chi connectivity index (χ2v) is 9.64. The molecule has 0 spiro atoms. The third kappa shape index (κ3) is 4.34. The van der Waals surface area contributed by atoms with Crippen LogP contribution in [0.25, 0.3) is 0 Å². The minimum Gasteiger partial charge on any atom is -0.341 e. The summed E-state index contributed by atoms with van der Waals surface area (Å²) in [6.07, 6.45) is 4.73. The normalized spacial score (nSPS) is 23.4. The molecule has 8 nitrogen and oxygen atoms in total. The maximum absolute atomic E-state index is 13.7. The minimum atomic E-state index is -2.60. The second-order valence-electron chi connectivity index (χ2n) is 9.64. The Morgan fingerprint density at radius 1 is 1.24 bits per heavy atom. The molecule has 2 fully saturated rings. The number of likely N-dealkylation sites (N-methyl/N-ethyl adjacent to an activating group) is 1. The van der Waals surface area contributed by atoms with Gasteiger partial charge in [-0.3, -0.25) is 9.89 Å². The lowest BCUT2D eigenvalue weighted by atomic mass is 10.0. The molecule has 1 amide bonds. The lowest BCUT2D eigenvalue weighted by Gasteiger charge is -2.29. The lowest BCUT2D eigenvalue weighted by Crippen LogP contribution is -2.46. The summed E-state index contributed by atoms with van der Waals surface area (Å²) in [6, 6.07) is 1.57. The zero-order valence-electron chi connectivity index (χ0n) is 19.9. The van der Waals surface area contributed by atoms with Gasteiger partial charge >= 0.3 is 0 Å². The standard InChI is InChI=1S/C24H33F2N7O/c1-3-32(4-2)22(34)19-9-6-12-33(19)23-27-17-8-5-7-16(17)21(29-23)28-20-13-18(30-31-20)15-10-11-24(25,26)14-15/h13,15,19H,3-12,14H2,1-2H3,(H2,27,28,29,30,31)/t15-,19-/m1/s1. The largest absolute Gasteiger partial charge is 0.341 e. The van der Waals surface area contributed by atoms with Crippen LogP contribution >= 0.6 is 0 Å². The number of rotatable bonds is 7. The number of hydrogen-bond donors (Lipinski definition) is 2. The van der Waals surface area contributed by atoms with E-state index in [1.807, 2.05) is 29.7 Å². The zero-order valence-corrected chi connectivity index (χ0v) is 19.9. The van der Waals surface area contributed by atoms with Gasteiger partial charge in [0.05, 0.1) is 5.69 Å². The molecular weight excluding hydrogens is 440 g/mol. The summed E-state index contributed by atoms with van der Waals surface area (Å²) in [4.78, 5) is 26.7. The number of fused-ring (bicyclic) bond motifs is 1. The van der Waals surface area contributed by atoms with E-state index in [0.717, 1.165) is 55.6 Å². The molecule has 2 atom stereocenters. The molecule has 5 rings (SSSR count). The van der Waals surface area contributed by atoms with Gasteiger partial charge in [0.1, 0.15) is 11.9 Å². The molecule has 0 unspecified atom stereocenters. The van der Waals surface area contributed by atoms with E-state index < -0.39 is 5.92 Å². The maximum Gasteiger partial charge on any atom is 0.248 e. The highest BCUT2D eigenvalue weighted by atomic mass is 19.3. The highest BCUT2D eigenvalue weighted by molar-refractivity contribution is 5.85. The van der Waals surface area contributed by atoms with Crippen LogP contribution < -0.4 is 10.2 Å². The van der Waals surface area contributed by atoms with Crippen LogP contribution in [-0.4, -0.2) is 62.6 Å². The van der Waals surface area contributed by atoms with Crippen LogP contribution in [0.2, 0.25) is 0 Å². The Labute approximate surface area is 198 Å². The SMILES string of the molecule is CCN(CC)C(=O)[C@H]1CCCN1c1nc2c(c(Nc3cc([C@@H]4CCC(F)(F)C4)[nH]n3)n1)CCC2. The first-order valence-corrected chi connectivity index (χ1v) is 12.5. The first kappa shape index (κ1) is 23.0. The fourth-order valence-electron chi connectivity index (χ4n) is 5.61. The molecule has 1 saturated carbocycles. The van der Waals surface area contributed by atoms with Gasteiger partial charge in [-0.2, -0.15) is 10.1 Å². The number of carbonyl (C=O) groups excluding carboxylic acids is 1. The summed E-state index contributed by atoms with van der Waals surface area (Å²) in [5.41, 5.74) is 2.82. The van der Waals surface area contributed by atoms with Gasteiger partial charge in [0.15, 0.2) is 5.82 Å². The smallest absolute Gasteiger partial charge is 0.248 e. The van der Waals surface area contributed by atoms with Gasteiger partial charge in [-0.25, -0.2) is 13.8 Å². The predicted molar refractivity (Wildman–Crippen MR) is 126 cm³/mol. The molecule has 3 aliphatic rings. The number of H-pyrrole nitrogens is 1.